The van der Waals surface area contributed by atoms with Gasteiger partial charge in [0.25, 0.3) is 5.91 Å². The maximum atomic E-state index is 12.1. The number of aliphatic hydroxyl groups is 2. The number of hydrogen-bond acceptors (Lipinski definition) is 11. The number of ether oxygens (including phenoxy) is 2. The first kappa shape index (κ1) is 21.0. The van der Waals surface area contributed by atoms with E-state index in [1.54, 1.807) is 19.4 Å². The van der Waals surface area contributed by atoms with Gasteiger partial charge in [-0.3, -0.25) is 9.36 Å². The van der Waals surface area contributed by atoms with Crippen molar-refractivity contribution < 1.29 is 24.5 Å². The van der Waals surface area contributed by atoms with Crippen LogP contribution in [-0.2, 0) is 14.3 Å². The van der Waals surface area contributed by atoms with E-state index in [4.69, 9.17) is 15.2 Å². The Morgan fingerprint density at radius 3 is 3.00 bits per heavy atom. The average Bonchev–Trinajstić information content (AvgIpc) is 3.31. The quantitative estimate of drug-likeness (QED) is 0.288. The van der Waals surface area contributed by atoms with Crippen molar-refractivity contribution in [2.45, 2.75) is 50.4 Å². The lowest BCUT2D eigenvalue weighted by Crippen LogP contribution is -2.42. The number of nitrogen functional groups attached to an aromatic ring is 1. The molecule has 1 fully saturated rings. The van der Waals surface area contributed by atoms with Crippen LogP contribution in [0.15, 0.2) is 23.8 Å². The molecule has 0 aliphatic carbocycles. The maximum absolute atomic E-state index is 12.1. The first-order valence-electron chi connectivity index (χ1n) is 9.88. The Morgan fingerprint density at radius 2 is 2.26 bits per heavy atom. The Balaban J connectivity index is 1.57. The predicted octanol–water partition coefficient (Wildman–Crippen LogP) is -0.746. The Kier molecular flexibility index (Phi) is 5.97. The highest BCUT2D eigenvalue weighted by Crippen LogP contribution is 2.32. The number of likely N-dealkylation sites (N-methyl/N-ethyl adjacent to an activating group) is 1. The van der Waals surface area contributed by atoms with Gasteiger partial charge < -0.3 is 30.7 Å². The van der Waals surface area contributed by atoms with Gasteiger partial charge >= 0.3 is 0 Å². The summed E-state index contributed by atoms with van der Waals surface area (Å²) in [5, 5.41) is 27.4. The molecule has 0 spiro atoms. The second-order valence-corrected chi connectivity index (χ2v) is 7.09. The molecule has 2 aromatic rings. The minimum absolute atomic E-state index is 0.0895. The first-order valence-corrected chi connectivity index (χ1v) is 9.88. The number of imidazole rings is 1. The van der Waals surface area contributed by atoms with Crippen molar-refractivity contribution in [1.29, 1.82) is 0 Å². The molecule has 0 unspecified atom stereocenters. The fourth-order valence-corrected chi connectivity index (χ4v) is 3.40. The minimum atomic E-state index is -1.42. The van der Waals surface area contributed by atoms with Crippen molar-refractivity contribution in [2.75, 3.05) is 17.7 Å². The number of allylic oxidation sites excluding steroid dienone is 1. The average molecular weight is 432 g/mol. The minimum Gasteiger partial charge on any atom is -0.493 e. The number of carbonyl (C=O) groups excluding carboxylic acids is 1. The van der Waals surface area contributed by atoms with Gasteiger partial charge in [-0.1, -0.05) is 0 Å². The van der Waals surface area contributed by atoms with Crippen LogP contribution in [0.1, 0.15) is 26.0 Å². The van der Waals surface area contributed by atoms with Gasteiger partial charge in [0.05, 0.1) is 18.8 Å². The van der Waals surface area contributed by atoms with E-state index in [-0.39, 0.29) is 29.0 Å². The highest BCUT2D eigenvalue weighted by Gasteiger charge is 2.47. The van der Waals surface area contributed by atoms with E-state index in [2.05, 4.69) is 30.8 Å². The van der Waals surface area contributed by atoms with Crippen LogP contribution in [0.25, 0.3) is 11.2 Å². The molecular formula is C18H24N8O5. The molecule has 13 nitrogen and oxygen atoms in total. The van der Waals surface area contributed by atoms with Gasteiger partial charge in [-0.05, 0) is 25.8 Å². The van der Waals surface area contributed by atoms with Crippen LogP contribution in [0.3, 0.4) is 0 Å². The smallest absolute Gasteiger partial charge is 0.252 e. The molecule has 4 rings (SSSR count). The van der Waals surface area contributed by atoms with Crippen LogP contribution in [0, 0.1) is 0 Å². The molecule has 0 radical (unpaired) electrons. The summed E-state index contributed by atoms with van der Waals surface area (Å²) < 4.78 is 12.4. The van der Waals surface area contributed by atoms with Crippen LogP contribution in [0.4, 0.5) is 11.8 Å². The lowest BCUT2D eigenvalue weighted by Gasteiger charge is -2.16. The molecule has 5 atom stereocenters. The van der Waals surface area contributed by atoms with Gasteiger partial charge in [-0.2, -0.15) is 15.1 Å². The van der Waals surface area contributed by atoms with Gasteiger partial charge in [-0.25, -0.2) is 10.4 Å². The van der Waals surface area contributed by atoms with Crippen molar-refractivity contribution in [3.63, 3.8) is 0 Å². The number of rotatable bonds is 6. The van der Waals surface area contributed by atoms with Crippen LogP contribution in [0.5, 0.6) is 0 Å². The van der Waals surface area contributed by atoms with Crippen molar-refractivity contribution in [2.24, 2.45) is 5.10 Å². The fraction of sp³-hybridized carbons (Fsp3) is 0.500. The molecule has 1 saturated heterocycles. The molecule has 13 heteroatoms. The Labute approximate surface area is 177 Å². The van der Waals surface area contributed by atoms with E-state index in [0.29, 0.717) is 6.54 Å². The number of hydrazone groups is 1. The van der Waals surface area contributed by atoms with E-state index in [1.807, 2.05) is 6.08 Å². The number of aromatic nitrogens is 4. The molecule has 2 aliphatic heterocycles. The second-order valence-electron chi connectivity index (χ2n) is 7.09. The summed E-state index contributed by atoms with van der Waals surface area (Å²) in [5.41, 5.74) is 9.22. The van der Waals surface area contributed by atoms with Crippen molar-refractivity contribution in [3.8, 4) is 0 Å². The summed E-state index contributed by atoms with van der Waals surface area (Å²) in [6.07, 6.45) is 2.95. The van der Waals surface area contributed by atoms with Crippen molar-refractivity contribution in [3.05, 3.63) is 18.7 Å². The summed E-state index contributed by atoms with van der Waals surface area (Å²) in [5.74, 6) is -0.333. The van der Waals surface area contributed by atoms with Crippen LogP contribution in [-0.4, -0.2) is 72.8 Å². The van der Waals surface area contributed by atoms with Crippen molar-refractivity contribution in [1.82, 2.24) is 24.8 Å². The number of anilines is 2. The largest absolute Gasteiger partial charge is 0.493 e. The number of fused-ring (bicyclic) bond motifs is 1. The third-order valence-electron chi connectivity index (χ3n) is 4.94. The van der Waals surface area contributed by atoms with Gasteiger partial charge in [-0.15, -0.1) is 0 Å². The lowest BCUT2D eigenvalue weighted by atomic mass is 10.1. The van der Waals surface area contributed by atoms with Gasteiger partial charge in [0, 0.05) is 6.54 Å². The molecule has 0 saturated carbocycles. The van der Waals surface area contributed by atoms with E-state index in [9.17, 15) is 15.0 Å². The zero-order valence-corrected chi connectivity index (χ0v) is 16.8. The highest BCUT2D eigenvalue weighted by molar-refractivity contribution is 5.83. The van der Waals surface area contributed by atoms with Crippen molar-refractivity contribution >= 4 is 35.1 Å². The molecule has 166 valence electrons. The normalized spacial score (nSPS) is 28.2. The number of nitrogens with one attached hydrogen (secondary N) is 2. The Hall–Kier alpha value is -3.29. The molecule has 6 N–H and O–H groups in total. The summed E-state index contributed by atoms with van der Waals surface area (Å²) in [7, 11) is 0. The number of nitrogens with zero attached hydrogens (tertiary/aromatic N) is 5. The Bertz CT molecular complexity index is 1010. The number of nitrogens with two attached hydrogens (primary N) is 1. The summed E-state index contributed by atoms with van der Waals surface area (Å²) in [6, 6.07) is 0. The molecule has 0 bridgehead atoms. The predicted molar refractivity (Wildman–Crippen MR) is 110 cm³/mol. The first-order chi connectivity index (χ1) is 15.0. The van der Waals surface area contributed by atoms with Gasteiger partial charge in [0.1, 0.15) is 23.8 Å². The highest BCUT2D eigenvalue weighted by atomic mass is 16.6. The zero-order chi connectivity index (χ0) is 22.0. The van der Waals surface area contributed by atoms with Gasteiger partial charge in [0.2, 0.25) is 5.95 Å². The summed E-state index contributed by atoms with van der Waals surface area (Å²) >= 11 is 0. The fourth-order valence-electron chi connectivity index (χ4n) is 3.40. The Morgan fingerprint density at radius 1 is 1.42 bits per heavy atom. The molecular weight excluding hydrogens is 408 g/mol. The number of amides is 1. The molecule has 2 aliphatic rings. The van der Waals surface area contributed by atoms with Gasteiger partial charge in [0.15, 0.2) is 23.8 Å². The second kappa shape index (κ2) is 8.83. The van der Waals surface area contributed by atoms with Crippen LogP contribution in [0.2, 0.25) is 0 Å². The number of aliphatic hydroxyl groups excluding tert-OH is 2. The number of hydrogen-bond donors (Lipinski definition) is 5. The van der Waals surface area contributed by atoms with E-state index < -0.39 is 30.4 Å². The molecule has 2 aromatic heterocycles. The number of carbonyl (C=O) groups is 1. The van der Waals surface area contributed by atoms with E-state index in [1.165, 1.54) is 10.9 Å². The van der Waals surface area contributed by atoms with Crippen LogP contribution < -0.4 is 16.5 Å². The van der Waals surface area contributed by atoms with Crippen LogP contribution >= 0.6 is 0 Å². The summed E-state index contributed by atoms with van der Waals surface area (Å²) in [4.78, 5) is 24.8. The van der Waals surface area contributed by atoms with E-state index >= 15 is 0 Å². The monoisotopic (exact) mass is 432 g/mol. The zero-order valence-electron chi connectivity index (χ0n) is 16.8. The SMILES string of the molecule is CCNC(=O)[C@H]1O[C@@H](n2cnc3c(N)nc(N/N=C/[C@H]4CCC=CO4)nc32)[C@H](O)[C@@H]1O. The standard InChI is InChI=1S/C18H24N8O5/c1-2-20-16(29)13-11(27)12(28)17(31-13)26-8-21-10-14(19)23-18(24-15(10)26)25-22-7-9-5-3-4-6-30-9/h4,6-9,11-13,17,27-28H,2-3,5H2,1H3,(H,20,29)(H3,19,23,24,25)/b22-7+/t9-,11+,12-,13+,17-/m1/s1. The lowest BCUT2D eigenvalue weighted by molar-refractivity contribution is -0.137. The third-order valence-corrected chi connectivity index (χ3v) is 4.94. The van der Waals surface area contributed by atoms with E-state index in [0.717, 1.165) is 12.8 Å². The maximum Gasteiger partial charge on any atom is 0.252 e. The topological polar surface area (TPSA) is 182 Å². The summed E-state index contributed by atoms with van der Waals surface area (Å²) in [6.45, 7) is 2.10. The third kappa shape index (κ3) is 4.15. The molecule has 31 heavy (non-hydrogen) atoms. The molecule has 4 heterocycles. The molecule has 1 amide bonds. The molecule has 0 aromatic carbocycles.